The first-order chi connectivity index (χ1) is 14.5. The maximum absolute atomic E-state index is 12.8. The third-order valence-corrected chi connectivity index (χ3v) is 5.89. The molecule has 1 aliphatic heterocycles. The molecule has 0 unspecified atom stereocenters. The van der Waals surface area contributed by atoms with Gasteiger partial charge in [0.2, 0.25) is 5.91 Å². The van der Waals surface area contributed by atoms with Gasteiger partial charge in [-0.25, -0.2) is 0 Å². The van der Waals surface area contributed by atoms with Crippen LogP contribution < -0.4 is 15.5 Å². The standard InChI is InChI=1S/C23H29ClN4O2/c1-16(2)21(27-22(29)19-5-3-4-6-20(19)24)23(30)26-15-17-9-13-28(14-10-17)18-7-11-25-12-8-18/h3-8,11-12,16-17,21H,9-10,13-15H2,1-2H3,(H,26,30)(H,27,29)/t21-/m0/s1. The molecule has 6 nitrogen and oxygen atoms in total. The Morgan fingerprint density at radius 3 is 2.43 bits per heavy atom. The van der Waals surface area contributed by atoms with E-state index in [1.165, 1.54) is 5.69 Å². The summed E-state index contributed by atoms with van der Waals surface area (Å²) in [6.07, 6.45) is 5.65. The van der Waals surface area contributed by atoms with Crippen LogP contribution in [0.15, 0.2) is 48.8 Å². The van der Waals surface area contributed by atoms with Crippen LogP contribution in [0.3, 0.4) is 0 Å². The van der Waals surface area contributed by atoms with Gasteiger partial charge in [-0.05, 0) is 48.9 Å². The van der Waals surface area contributed by atoms with Crippen molar-refractivity contribution in [1.82, 2.24) is 15.6 Å². The van der Waals surface area contributed by atoms with Crippen LogP contribution in [-0.4, -0.2) is 42.5 Å². The second kappa shape index (κ2) is 10.4. The van der Waals surface area contributed by atoms with Crippen molar-refractivity contribution < 1.29 is 9.59 Å². The number of anilines is 1. The van der Waals surface area contributed by atoms with Crippen molar-refractivity contribution >= 4 is 29.1 Å². The number of carbonyl (C=O) groups is 2. The Morgan fingerprint density at radius 2 is 1.80 bits per heavy atom. The van der Waals surface area contributed by atoms with Gasteiger partial charge in [0.1, 0.15) is 6.04 Å². The molecular formula is C23H29ClN4O2. The van der Waals surface area contributed by atoms with E-state index in [0.29, 0.717) is 23.0 Å². The van der Waals surface area contributed by atoms with E-state index in [1.807, 2.05) is 38.4 Å². The van der Waals surface area contributed by atoms with Gasteiger partial charge < -0.3 is 15.5 Å². The largest absolute Gasteiger partial charge is 0.371 e. The van der Waals surface area contributed by atoms with Gasteiger partial charge in [0.25, 0.3) is 5.91 Å². The van der Waals surface area contributed by atoms with Crippen LogP contribution in [0.5, 0.6) is 0 Å². The average Bonchev–Trinajstić information content (AvgIpc) is 2.76. The first-order valence-electron chi connectivity index (χ1n) is 10.4. The van der Waals surface area contributed by atoms with Crippen molar-refractivity contribution in [3.63, 3.8) is 0 Å². The van der Waals surface area contributed by atoms with Crippen molar-refractivity contribution in [3.8, 4) is 0 Å². The van der Waals surface area contributed by atoms with E-state index in [2.05, 4.69) is 20.5 Å². The zero-order chi connectivity index (χ0) is 21.5. The normalized spacial score (nSPS) is 15.7. The lowest BCUT2D eigenvalue weighted by Gasteiger charge is -2.34. The molecule has 1 aliphatic rings. The molecule has 1 atom stereocenters. The highest BCUT2D eigenvalue weighted by molar-refractivity contribution is 6.33. The maximum Gasteiger partial charge on any atom is 0.253 e. The summed E-state index contributed by atoms with van der Waals surface area (Å²) in [4.78, 5) is 31.8. The van der Waals surface area contributed by atoms with Crippen LogP contribution >= 0.6 is 11.6 Å². The zero-order valence-corrected chi connectivity index (χ0v) is 18.2. The summed E-state index contributed by atoms with van der Waals surface area (Å²) in [5.74, 6) is -0.0915. The minimum Gasteiger partial charge on any atom is -0.371 e. The molecule has 7 heteroatoms. The molecule has 1 aromatic heterocycles. The summed E-state index contributed by atoms with van der Waals surface area (Å²) in [5, 5.41) is 6.26. The lowest BCUT2D eigenvalue weighted by Crippen LogP contribution is -2.51. The minimum absolute atomic E-state index is 0.0371. The van der Waals surface area contributed by atoms with Crippen molar-refractivity contribution in [2.45, 2.75) is 32.7 Å². The zero-order valence-electron chi connectivity index (χ0n) is 17.5. The van der Waals surface area contributed by atoms with E-state index in [-0.39, 0.29) is 17.7 Å². The number of carbonyl (C=O) groups excluding carboxylic acids is 2. The van der Waals surface area contributed by atoms with E-state index < -0.39 is 6.04 Å². The van der Waals surface area contributed by atoms with E-state index in [9.17, 15) is 9.59 Å². The van der Waals surface area contributed by atoms with E-state index >= 15 is 0 Å². The highest BCUT2D eigenvalue weighted by Gasteiger charge is 2.27. The molecule has 0 radical (unpaired) electrons. The molecule has 0 aliphatic carbocycles. The lowest BCUT2D eigenvalue weighted by atomic mass is 9.95. The fraction of sp³-hybridized carbons (Fsp3) is 0.435. The Labute approximate surface area is 183 Å². The Hall–Kier alpha value is -2.60. The van der Waals surface area contributed by atoms with Crippen molar-refractivity contribution in [3.05, 3.63) is 59.4 Å². The second-order valence-corrected chi connectivity index (χ2v) is 8.46. The number of aromatic nitrogens is 1. The SMILES string of the molecule is CC(C)[C@H](NC(=O)c1ccccc1Cl)C(=O)NCC1CCN(c2ccncc2)CC1. The smallest absolute Gasteiger partial charge is 0.253 e. The number of pyridine rings is 1. The van der Waals surface area contributed by atoms with Gasteiger partial charge in [0.05, 0.1) is 10.6 Å². The van der Waals surface area contributed by atoms with Crippen LogP contribution in [0.4, 0.5) is 5.69 Å². The molecule has 1 aromatic carbocycles. The number of piperidine rings is 1. The Morgan fingerprint density at radius 1 is 1.13 bits per heavy atom. The van der Waals surface area contributed by atoms with Gasteiger partial charge in [-0.15, -0.1) is 0 Å². The third kappa shape index (κ3) is 5.72. The molecular weight excluding hydrogens is 400 g/mol. The monoisotopic (exact) mass is 428 g/mol. The summed E-state index contributed by atoms with van der Waals surface area (Å²) in [7, 11) is 0. The maximum atomic E-state index is 12.8. The first kappa shape index (κ1) is 22.1. The van der Waals surface area contributed by atoms with Gasteiger partial charge >= 0.3 is 0 Å². The lowest BCUT2D eigenvalue weighted by molar-refractivity contribution is -0.124. The highest BCUT2D eigenvalue weighted by atomic mass is 35.5. The predicted molar refractivity (Wildman–Crippen MR) is 120 cm³/mol. The number of nitrogens with zero attached hydrogens (tertiary/aromatic N) is 2. The molecule has 0 saturated carbocycles. The first-order valence-corrected chi connectivity index (χ1v) is 10.8. The van der Waals surface area contributed by atoms with Gasteiger partial charge in [-0.3, -0.25) is 14.6 Å². The molecule has 1 fully saturated rings. The van der Waals surface area contributed by atoms with Crippen LogP contribution in [0.1, 0.15) is 37.0 Å². The number of hydrogen-bond donors (Lipinski definition) is 2. The number of halogens is 1. The van der Waals surface area contributed by atoms with Crippen LogP contribution in [0.25, 0.3) is 0 Å². The quantitative estimate of drug-likeness (QED) is 0.707. The van der Waals surface area contributed by atoms with Crippen molar-refractivity contribution in [1.29, 1.82) is 0 Å². The fourth-order valence-electron chi connectivity index (χ4n) is 3.70. The summed E-state index contributed by atoms with van der Waals surface area (Å²) >= 11 is 6.11. The summed E-state index contributed by atoms with van der Waals surface area (Å²) < 4.78 is 0. The van der Waals surface area contributed by atoms with E-state index in [1.54, 1.807) is 24.3 Å². The van der Waals surface area contributed by atoms with E-state index in [0.717, 1.165) is 25.9 Å². The summed E-state index contributed by atoms with van der Waals surface area (Å²) in [5.41, 5.74) is 1.57. The molecule has 2 heterocycles. The summed E-state index contributed by atoms with van der Waals surface area (Å²) in [6.45, 7) is 6.38. The molecule has 3 rings (SSSR count). The van der Waals surface area contributed by atoms with Crippen LogP contribution in [-0.2, 0) is 4.79 Å². The van der Waals surface area contributed by atoms with Crippen molar-refractivity contribution in [2.24, 2.45) is 11.8 Å². The number of benzene rings is 1. The molecule has 0 bridgehead atoms. The number of rotatable bonds is 7. The second-order valence-electron chi connectivity index (χ2n) is 8.06. The van der Waals surface area contributed by atoms with Gasteiger partial charge in [-0.2, -0.15) is 0 Å². The number of nitrogens with one attached hydrogen (secondary N) is 2. The molecule has 2 aromatic rings. The van der Waals surface area contributed by atoms with Crippen molar-refractivity contribution in [2.75, 3.05) is 24.5 Å². The summed E-state index contributed by atoms with van der Waals surface area (Å²) in [6, 6.07) is 10.3. The Balaban J connectivity index is 1.50. The Bertz CT molecular complexity index is 851. The molecule has 1 saturated heterocycles. The number of hydrogen-bond acceptors (Lipinski definition) is 4. The van der Waals surface area contributed by atoms with Crippen LogP contribution in [0.2, 0.25) is 5.02 Å². The fourth-order valence-corrected chi connectivity index (χ4v) is 3.93. The molecule has 2 amide bonds. The minimum atomic E-state index is -0.606. The number of amides is 2. The topological polar surface area (TPSA) is 74.3 Å². The van der Waals surface area contributed by atoms with Gasteiger partial charge in [-0.1, -0.05) is 37.6 Å². The predicted octanol–water partition coefficient (Wildman–Crippen LogP) is 3.52. The molecule has 0 spiro atoms. The third-order valence-electron chi connectivity index (χ3n) is 5.56. The van der Waals surface area contributed by atoms with Gasteiger partial charge in [0, 0.05) is 37.7 Å². The average molecular weight is 429 g/mol. The molecule has 30 heavy (non-hydrogen) atoms. The molecule has 160 valence electrons. The molecule has 2 N–H and O–H groups in total. The Kier molecular flexibility index (Phi) is 7.69. The highest BCUT2D eigenvalue weighted by Crippen LogP contribution is 2.22. The van der Waals surface area contributed by atoms with Crippen LogP contribution in [0, 0.1) is 11.8 Å². The van der Waals surface area contributed by atoms with E-state index in [4.69, 9.17) is 11.6 Å². The van der Waals surface area contributed by atoms with Gasteiger partial charge in [0.15, 0.2) is 0 Å².